The Bertz CT molecular complexity index is 737. The smallest absolute Gasteiger partial charge is 0.191 e. The molecular weight excluding hydrogens is 487 g/mol. The Labute approximate surface area is 189 Å². The molecule has 0 saturated carbocycles. The van der Waals surface area contributed by atoms with E-state index in [1.807, 2.05) is 48.4 Å². The minimum atomic E-state index is 0. The SMILES string of the molecule is CCCN1CCC(NC(=NC)NCc2cnn(-c3ccc(Cl)cc3)c2)CC1.I. The van der Waals surface area contributed by atoms with E-state index in [0.29, 0.717) is 12.6 Å². The number of likely N-dealkylation sites (tertiary alicyclic amines) is 1. The molecule has 1 saturated heterocycles. The Morgan fingerprint density at radius 1 is 1.25 bits per heavy atom. The van der Waals surface area contributed by atoms with E-state index in [9.17, 15) is 0 Å². The lowest BCUT2D eigenvalue weighted by molar-refractivity contribution is 0.206. The average Bonchev–Trinajstić information content (AvgIpc) is 3.16. The minimum Gasteiger partial charge on any atom is -0.354 e. The number of hydrogen-bond donors (Lipinski definition) is 2. The van der Waals surface area contributed by atoms with E-state index in [4.69, 9.17) is 11.6 Å². The largest absolute Gasteiger partial charge is 0.354 e. The van der Waals surface area contributed by atoms with Gasteiger partial charge in [0, 0.05) is 49.5 Å². The zero-order chi connectivity index (χ0) is 19.1. The van der Waals surface area contributed by atoms with Crippen LogP contribution in [-0.4, -0.2) is 53.4 Å². The van der Waals surface area contributed by atoms with Crippen LogP contribution in [0, 0.1) is 0 Å². The molecule has 2 aromatic rings. The molecule has 0 amide bonds. The van der Waals surface area contributed by atoms with E-state index in [0.717, 1.165) is 48.2 Å². The molecule has 2 N–H and O–H groups in total. The van der Waals surface area contributed by atoms with Crippen LogP contribution < -0.4 is 10.6 Å². The third-order valence-corrected chi connectivity index (χ3v) is 5.13. The van der Waals surface area contributed by atoms with Gasteiger partial charge in [-0.2, -0.15) is 5.10 Å². The van der Waals surface area contributed by atoms with Gasteiger partial charge in [0.2, 0.25) is 0 Å². The lowest BCUT2D eigenvalue weighted by Crippen LogP contribution is -2.48. The first-order valence-corrected chi connectivity index (χ1v) is 10.0. The van der Waals surface area contributed by atoms with Crippen molar-refractivity contribution < 1.29 is 0 Å². The van der Waals surface area contributed by atoms with Gasteiger partial charge < -0.3 is 15.5 Å². The molecule has 1 aliphatic rings. The van der Waals surface area contributed by atoms with Crippen molar-refractivity contribution in [2.45, 2.75) is 38.8 Å². The van der Waals surface area contributed by atoms with E-state index in [1.165, 1.54) is 13.0 Å². The van der Waals surface area contributed by atoms with Crippen LogP contribution in [0.15, 0.2) is 41.7 Å². The predicted molar refractivity (Wildman–Crippen MR) is 127 cm³/mol. The normalized spacial score (nSPS) is 15.9. The molecule has 1 aromatic carbocycles. The van der Waals surface area contributed by atoms with Crippen LogP contribution in [0.4, 0.5) is 0 Å². The van der Waals surface area contributed by atoms with Crippen LogP contribution in [0.5, 0.6) is 0 Å². The molecular formula is C20H30ClIN6. The first-order chi connectivity index (χ1) is 13.2. The first-order valence-electron chi connectivity index (χ1n) is 9.67. The number of rotatable bonds is 6. The number of aliphatic imine (C=N–C) groups is 1. The summed E-state index contributed by atoms with van der Waals surface area (Å²) >= 11 is 5.95. The lowest BCUT2D eigenvalue weighted by Gasteiger charge is -2.32. The molecule has 0 spiro atoms. The fraction of sp³-hybridized carbons (Fsp3) is 0.500. The maximum Gasteiger partial charge on any atom is 0.191 e. The number of benzene rings is 1. The first kappa shape index (κ1) is 23.0. The molecule has 0 atom stereocenters. The quantitative estimate of drug-likeness (QED) is 0.349. The number of nitrogens with zero attached hydrogens (tertiary/aromatic N) is 4. The maximum absolute atomic E-state index is 5.95. The molecule has 6 nitrogen and oxygen atoms in total. The van der Waals surface area contributed by atoms with Gasteiger partial charge >= 0.3 is 0 Å². The number of halogens is 2. The summed E-state index contributed by atoms with van der Waals surface area (Å²) in [5.41, 5.74) is 2.10. The van der Waals surface area contributed by atoms with E-state index in [2.05, 4.69) is 32.5 Å². The van der Waals surface area contributed by atoms with Crippen molar-refractivity contribution in [1.82, 2.24) is 25.3 Å². The Kier molecular flexibility index (Phi) is 9.53. The lowest BCUT2D eigenvalue weighted by atomic mass is 10.1. The van der Waals surface area contributed by atoms with Crippen molar-refractivity contribution in [2.24, 2.45) is 4.99 Å². The summed E-state index contributed by atoms with van der Waals surface area (Å²) in [5, 5.41) is 12.1. The highest BCUT2D eigenvalue weighted by Gasteiger charge is 2.19. The Balaban J connectivity index is 0.00000280. The number of nitrogens with one attached hydrogen (secondary N) is 2. The van der Waals surface area contributed by atoms with E-state index in [-0.39, 0.29) is 24.0 Å². The van der Waals surface area contributed by atoms with Gasteiger partial charge in [0.15, 0.2) is 5.96 Å². The molecule has 0 unspecified atom stereocenters. The Hall–Kier alpha value is -1.32. The van der Waals surface area contributed by atoms with Crippen LogP contribution in [0.3, 0.4) is 0 Å². The van der Waals surface area contributed by atoms with Crippen LogP contribution in [-0.2, 0) is 6.54 Å². The van der Waals surface area contributed by atoms with Crippen LogP contribution in [0.2, 0.25) is 5.02 Å². The molecule has 0 radical (unpaired) electrons. The summed E-state index contributed by atoms with van der Waals surface area (Å²) in [6.07, 6.45) is 7.44. The van der Waals surface area contributed by atoms with Crippen LogP contribution >= 0.6 is 35.6 Å². The fourth-order valence-corrected chi connectivity index (χ4v) is 3.50. The van der Waals surface area contributed by atoms with Crippen molar-refractivity contribution in [3.05, 3.63) is 47.2 Å². The summed E-state index contributed by atoms with van der Waals surface area (Å²) in [7, 11) is 1.82. The van der Waals surface area contributed by atoms with Crippen LogP contribution in [0.1, 0.15) is 31.7 Å². The number of guanidine groups is 1. The van der Waals surface area contributed by atoms with E-state index in [1.54, 1.807) is 0 Å². The van der Waals surface area contributed by atoms with Crippen molar-refractivity contribution >= 4 is 41.5 Å². The van der Waals surface area contributed by atoms with Gasteiger partial charge in [-0.15, -0.1) is 24.0 Å². The zero-order valence-electron chi connectivity index (χ0n) is 16.6. The topological polar surface area (TPSA) is 57.5 Å². The minimum absolute atomic E-state index is 0. The second-order valence-electron chi connectivity index (χ2n) is 6.96. The zero-order valence-corrected chi connectivity index (χ0v) is 19.7. The molecule has 3 rings (SSSR count). The molecule has 2 heterocycles. The third-order valence-electron chi connectivity index (χ3n) is 4.88. The van der Waals surface area contributed by atoms with Gasteiger partial charge in [-0.05, 0) is 50.1 Å². The third kappa shape index (κ3) is 6.63. The predicted octanol–water partition coefficient (Wildman–Crippen LogP) is 3.68. The number of hydrogen-bond acceptors (Lipinski definition) is 3. The highest BCUT2D eigenvalue weighted by molar-refractivity contribution is 14.0. The highest BCUT2D eigenvalue weighted by atomic mass is 127. The molecule has 1 fully saturated rings. The number of aromatic nitrogens is 2. The molecule has 28 heavy (non-hydrogen) atoms. The van der Waals surface area contributed by atoms with Gasteiger partial charge in [-0.1, -0.05) is 18.5 Å². The molecule has 8 heteroatoms. The van der Waals surface area contributed by atoms with Gasteiger partial charge in [0.05, 0.1) is 11.9 Å². The van der Waals surface area contributed by atoms with Gasteiger partial charge in [0.25, 0.3) is 0 Å². The second kappa shape index (κ2) is 11.6. The number of piperidine rings is 1. The fourth-order valence-electron chi connectivity index (χ4n) is 3.38. The summed E-state index contributed by atoms with van der Waals surface area (Å²) in [4.78, 5) is 6.91. The van der Waals surface area contributed by atoms with Crippen LogP contribution in [0.25, 0.3) is 5.69 Å². The molecule has 0 aliphatic carbocycles. The van der Waals surface area contributed by atoms with E-state index >= 15 is 0 Å². The maximum atomic E-state index is 5.95. The molecule has 1 aromatic heterocycles. The standard InChI is InChI=1S/C20H29ClN6.HI/c1-3-10-26-11-8-18(9-12-26)25-20(22-2)23-13-16-14-24-27(15-16)19-6-4-17(21)5-7-19;/h4-7,14-15,18H,3,8-13H2,1-2H3,(H2,22,23,25);1H. The van der Waals surface area contributed by atoms with Crippen molar-refractivity contribution in [3.63, 3.8) is 0 Å². The summed E-state index contributed by atoms with van der Waals surface area (Å²) in [6.45, 7) is 6.46. The average molecular weight is 517 g/mol. The summed E-state index contributed by atoms with van der Waals surface area (Å²) in [6, 6.07) is 8.14. The Morgan fingerprint density at radius 3 is 2.61 bits per heavy atom. The van der Waals surface area contributed by atoms with Gasteiger partial charge in [-0.3, -0.25) is 4.99 Å². The molecule has 0 bridgehead atoms. The summed E-state index contributed by atoms with van der Waals surface area (Å²) in [5.74, 6) is 0.850. The van der Waals surface area contributed by atoms with Crippen molar-refractivity contribution in [3.8, 4) is 5.69 Å². The van der Waals surface area contributed by atoms with E-state index < -0.39 is 0 Å². The Morgan fingerprint density at radius 2 is 1.96 bits per heavy atom. The van der Waals surface area contributed by atoms with Crippen molar-refractivity contribution in [2.75, 3.05) is 26.7 Å². The second-order valence-corrected chi connectivity index (χ2v) is 7.39. The highest BCUT2D eigenvalue weighted by Crippen LogP contribution is 2.13. The monoisotopic (exact) mass is 516 g/mol. The van der Waals surface area contributed by atoms with Gasteiger partial charge in [0.1, 0.15) is 0 Å². The summed E-state index contributed by atoms with van der Waals surface area (Å²) < 4.78 is 1.85. The molecule has 1 aliphatic heterocycles. The van der Waals surface area contributed by atoms with Gasteiger partial charge in [-0.25, -0.2) is 4.68 Å². The van der Waals surface area contributed by atoms with Crippen molar-refractivity contribution in [1.29, 1.82) is 0 Å². The molecule has 154 valence electrons.